The Morgan fingerprint density at radius 3 is 2.32 bits per heavy atom. The van der Waals surface area contributed by atoms with Gasteiger partial charge < -0.3 is 4.74 Å². The molecule has 2 aliphatic rings. The van der Waals surface area contributed by atoms with Crippen molar-refractivity contribution in [3.63, 3.8) is 0 Å². The first-order valence-electron chi connectivity index (χ1n) is 10.6. The molecule has 172 valence electrons. The number of ether oxygens (including phenoxy) is 1. The van der Waals surface area contributed by atoms with Crippen LogP contribution in [0.25, 0.3) is 0 Å². The van der Waals surface area contributed by atoms with Gasteiger partial charge in [0, 0.05) is 14.0 Å². The van der Waals surface area contributed by atoms with Crippen molar-refractivity contribution in [2.45, 2.75) is 13.0 Å². The van der Waals surface area contributed by atoms with Crippen LogP contribution in [-0.2, 0) is 9.59 Å². The maximum Gasteiger partial charge on any atom is 0.259 e. The van der Waals surface area contributed by atoms with Crippen LogP contribution < -0.4 is 14.6 Å². The Hall–Kier alpha value is -2.68. The third-order valence-corrected chi connectivity index (χ3v) is 7.13. The minimum Gasteiger partial charge on any atom is -0.494 e. The van der Waals surface area contributed by atoms with Crippen molar-refractivity contribution in [1.29, 1.82) is 0 Å². The van der Waals surface area contributed by atoms with Gasteiger partial charge in [0.2, 0.25) is 5.91 Å². The first-order chi connectivity index (χ1) is 16.4. The monoisotopic (exact) mass is 601 g/mol. The zero-order chi connectivity index (χ0) is 24.0. The highest BCUT2D eigenvalue weighted by molar-refractivity contribution is 9.11. The van der Waals surface area contributed by atoms with Crippen LogP contribution in [0.3, 0.4) is 0 Å². The average Bonchev–Trinajstić information content (AvgIpc) is 3.32. The van der Waals surface area contributed by atoms with Crippen LogP contribution in [0.5, 0.6) is 5.75 Å². The molecule has 0 bridgehead atoms. The number of imide groups is 1. The van der Waals surface area contributed by atoms with Crippen LogP contribution in [0.1, 0.15) is 12.5 Å². The third-order valence-electron chi connectivity index (χ3n) is 5.75. The van der Waals surface area contributed by atoms with Crippen LogP contribution in [0.15, 0.2) is 80.8 Å². The second kappa shape index (κ2) is 9.17. The molecule has 1 saturated heterocycles. The summed E-state index contributed by atoms with van der Waals surface area (Å²) in [5.41, 5.74) is 2.46. The smallest absolute Gasteiger partial charge is 0.259 e. The van der Waals surface area contributed by atoms with Crippen molar-refractivity contribution in [1.82, 2.24) is 0 Å². The summed E-state index contributed by atoms with van der Waals surface area (Å²) >= 11 is 13.1. The van der Waals surface area contributed by atoms with E-state index in [0.717, 1.165) is 14.5 Å². The Morgan fingerprint density at radius 1 is 0.971 bits per heavy atom. The average molecular weight is 604 g/mol. The normalized spacial score (nSPS) is 19.5. The standard InChI is InChI=1S/C25H18Br2ClN3O3/c1-2-34-18-10-8-17(9-11-18)30-24(32)21-22(14-3-6-16(28)7-4-14)29-31(23(21)25(30)33)20-12-5-15(26)13-19(20)27/h3-13,21,23H,2H2,1H3. The Morgan fingerprint density at radius 2 is 1.68 bits per heavy atom. The minimum atomic E-state index is -0.803. The SMILES string of the molecule is CCOc1ccc(N2C(=O)C3C(c4ccc(Cl)cc4)=NN(c4ccc(Br)cc4Br)C3C2=O)cc1. The fraction of sp³-hybridized carbons (Fsp3) is 0.160. The van der Waals surface area contributed by atoms with Crippen molar-refractivity contribution in [3.05, 3.63) is 86.3 Å². The number of hydrogen-bond donors (Lipinski definition) is 0. The molecule has 2 unspecified atom stereocenters. The van der Waals surface area contributed by atoms with Crippen molar-refractivity contribution in [2.24, 2.45) is 11.0 Å². The van der Waals surface area contributed by atoms with Crippen LogP contribution in [0, 0.1) is 5.92 Å². The van der Waals surface area contributed by atoms with Gasteiger partial charge in [-0.05, 0) is 83.0 Å². The molecule has 3 aromatic rings. The van der Waals surface area contributed by atoms with Gasteiger partial charge in [-0.25, -0.2) is 4.90 Å². The highest BCUT2D eigenvalue weighted by atomic mass is 79.9. The molecule has 2 heterocycles. The topological polar surface area (TPSA) is 62.2 Å². The molecule has 2 atom stereocenters. The lowest BCUT2D eigenvalue weighted by Gasteiger charge is -2.23. The number of hydrogen-bond acceptors (Lipinski definition) is 5. The molecule has 1 fully saturated rings. The first-order valence-corrected chi connectivity index (χ1v) is 12.5. The molecule has 2 amide bonds. The van der Waals surface area contributed by atoms with E-state index in [4.69, 9.17) is 21.4 Å². The summed E-state index contributed by atoms with van der Waals surface area (Å²) in [5.74, 6) is -0.726. The van der Waals surface area contributed by atoms with Gasteiger partial charge in [-0.15, -0.1) is 0 Å². The van der Waals surface area contributed by atoms with Crippen molar-refractivity contribution in [3.8, 4) is 5.75 Å². The number of benzene rings is 3. The maximum atomic E-state index is 13.7. The molecule has 2 aliphatic heterocycles. The number of carbonyl (C=O) groups is 2. The van der Waals surface area contributed by atoms with E-state index in [1.54, 1.807) is 41.4 Å². The van der Waals surface area contributed by atoms with Gasteiger partial charge >= 0.3 is 0 Å². The van der Waals surface area contributed by atoms with Gasteiger partial charge in [0.15, 0.2) is 0 Å². The Labute approximate surface area is 218 Å². The summed E-state index contributed by atoms with van der Waals surface area (Å²) in [5, 5.41) is 6.99. The second-order valence-electron chi connectivity index (χ2n) is 7.79. The number of fused-ring (bicyclic) bond motifs is 1. The fourth-order valence-electron chi connectivity index (χ4n) is 4.25. The summed E-state index contributed by atoms with van der Waals surface area (Å²) in [4.78, 5) is 28.7. The maximum absolute atomic E-state index is 13.7. The zero-order valence-electron chi connectivity index (χ0n) is 17.9. The van der Waals surface area contributed by atoms with Crippen molar-refractivity contribution in [2.75, 3.05) is 16.5 Å². The van der Waals surface area contributed by atoms with E-state index in [1.807, 2.05) is 37.3 Å². The molecule has 0 aliphatic carbocycles. The highest BCUT2D eigenvalue weighted by Gasteiger charge is 2.57. The number of anilines is 2. The van der Waals surface area contributed by atoms with Crippen LogP contribution in [-0.4, -0.2) is 30.2 Å². The van der Waals surface area contributed by atoms with Crippen LogP contribution in [0.2, 0.25) is 5.02 Å². The van der Waals surface area contributed by atoms with E-state index >= 15 is 0 Å². The molecule has 0 radical (unpaired) electrons. The molecule has 0 aromatic heterocycles. The van der Waals surface area contributed by atoms with Gasteiger partial charge in [-0.2, -0.15) is 5.10 Å². The molecule has 3 aromatic carbocycles. The lowest BCUT2D eigenvalue weighted by Crippen LogP contribution is -2.39. The summed E-state index contributed by atoms with van der Waals surface area (Å²) in [6, 6.07) is 18.9. The Balaban J connectivity index is 1.60. The lowest BCUT2D eigenvalue weighted by atomic mass is 9.93. The first kappa shape index (κ1) is 23.1. The number of carbonyl (C=O) groups excluding carboxylic acids is 2. The van der Waals surface area contributed by atoms with E-state index in [2.05, 4.69) is 31.9 Å². The van der Waals surface area contributed by atoms with Gasteiger partial charge in [0.25, 0.3) is 5.91 Å². The van der Waals surface area contributed by atoms with E-state index < -0.39 is 12.0 Å². The molecular weight excluding hydrogens is 586 g/mol. The Bertz CT molecular complexity index is 1310. The minimum absolute atomic E-state index is 0.316. The molecule has 6 nitrogen and oxygen atoms in total. The summed E-state index contributed by atoms with van der Waals surface area (Å²) in [6.45, 7) is 2.43. The molecule has 0 spiro atoms. The molecule has 0 saturated carbocycles. The number of amides is 2. The van der Waals surface area contributed by atoms with Gasteiger partial charge in [-0.3, -0.25) is 14.6 Å². The third kappa shape index (κ3) is 3.93. The predicted molar refractivity (Wildman–Crippen MR) is 140 cm³/mol. The molecule has 5 rings (SSSR count). The lowest BCUT2D eigenvalue weighted by molar-refractivity contribution is -0.121. The predicted octanol–water partition coefficient (Wildman–Crippen LogP) is 6.05. The van der Waals surface area contributed by atoms with Gasteiger partial charge in [0.1, 0.15) is 17.7 Å². The number of hydrazone groups is 1. The summed E-state index contributed by atoms with van der Waals surface area (Å²) in [6.07, 6.45) is 0. The van der Waals surface area contributed by atoms with E-state index in [-0.39, 0.29) is 11.8 Å². The van der Waals surface area contributed by atoms with E-state index in [1.165, 1.54) is 4.90 Å². The summed E-state index contributed by atoms with van der Waals surface area (Å²) in [7, 11) is 0. The quantitative estimate of drug-likeness (QED) is 0.334. The number of rotatable bonds is 5. The van der Waals surface area contributed by atoms with Crippen LogP contribution >= 0.6 is 43.5 Å². The van der Waals surface area contributed by atoms with E-state index in [9.17, 15) is 9.59 Å². The van der Waals surface area contributed by atoms with Crippen molar-refractivity contribution < 1.29 is 14.3 Å². The zero-order valence-corrected chi connectivity index (χ0v) is 21.8. The van der Waals surface area contributed by atoms with Gasteiger partial charge in [0.05, 0.1) is 23.7 Å². The molecule has 9 heteroatoms. The highest BCUT2D eigenvalue weighted by Crippen LogP contribution is 2.42. The van der Waals surface area contributed by atoms with Crippen molar-refractivity contribution >= 4 is 72.4 Å². The molecular formula is C25H18Br2ClN3O3. The van der Waals surface area contributed by atoms with E-state index in [0.29, 0.717) is 34.5 Å². The molecule has 0 N–H and O–H groups in total. The number of nitrogens with zero attached hydrogens (tertiary/aromatic N) is 3. The molecule has 34 heavy (non-hydrogen) atoms. The van der Waals surface area contributed by atoms with Crippen LogP contribution in [0.4, 0.5) is 11.4 Å². The fourth-order valence-corrected chi connectivity index (χ4v) is 5.61. The largest absolute Gasteiger partial charge is 0.494 e. The number of halogens is 3. The van der Waals surface area contributed by atoms with Gasteiger partial charge in [-0.1, -0.05) is 39.7 Å². The summed E-state index contributed by atoms with van der Waals surface area (Å²) < 4.78 is 7.13. The second-order valence-corrected chi connectivity index (χ2v) is 10.0. The Kier molecular flexibility index (Phi) is 6.22.